The first-order valence-electron chi connectivity index (χ1n) is 6.16. The van der Waals surface area contributed by atoms with E-state index in [-0.39, 0.29) is 5.78 Å². The van der Waals surface area contributed by atoms with Crippen molar-refractivity contribution in [3.63, 3.8) is 0 Å². The molecular formula is C12H20O5. The minimum absolute atomic E-state index is 0.0722. The second kappa shape index (κ2) is 5.02. The molecule has 98 valence electrons. The van der Waals surface area contributed by atoms with Crippen LogP contribution in [-0.4, -0.2) is 43.3 Å². The molecule has 2 saturated heterocycles. The van der Waals surface area contributed by atoms with Crippen molar-refractivity contribution in [1.29, 1.82) is 0 Å². The molecule has 0 aromatic heterocycles. The average molecular weight is 244 g/mol. The summed E-state index contributed by atoms with van der Waals surface area (Å²) in [5, 5.41) is 0. The van der Waals surface area contributed by atoms with E-state index in [0.717, 1.165) is 12.8 Å². The molecule has 0 bridgehead atoms. The maximum atomic E-state index is 11.9. The van der Waals surface area contributed by atoms with Crippen LogP contribution < -0.4 is 0 Å². The molecule has 0 aromatic carbocycles. The number of hydrogen-bond donors (Lipinski definition) is 0. The largest absolute Gasteiger partial charge is 0.378 e. The minimum atomic E-state index is -0.737. The monoisotopic (exact) mass is 244 g/mol. The van der Waals surface area contributed by atoms with Crippen molar-refractivity contribution >= 4 is 5.78 Å². The summed E-state index contributed by atoms with van der Waals surface area (Å²) < 4.78 is 21.9. The van der Waals surface area contributed by atoms with Crippen molar-refractivity contribution in [3.8, 4) is 0 Å². The Hall–Kier alpha value is -0.490. The van der Waals surface area contributed by atoms with Gasteiger partial charge < -0.3 is 18.9 Å². The van der Waals surface area contributed by atoms with Crippen molar-refractivity contribution in [1.82, 2.24) is 0 Å². The van der Waals surface area contributed by atoms with Gasteiger partial charge in [-0.3, -0.25) is 4.79 Å². The van der Waals surface area contributed by atoms with E-state index < -0.39 is 24.3 Å². The molecule has 3 atom stereocenters. The van der Waals surface area contributed by atoms with Crippen LogP contribution in [0.15, 0.2) is 0 Å². The van der Waals surface area contributed by atoms with Gasteiger partial charge in [-0.2, -0.15) is 0 Å². The van der Waals surface area contributed by atoms with E-state index in [0.29, 0.717) is 13.2 Å². The zero-order valence-corrected chi connectivity index (χ0v) is 10.6. The molecule has 0 aliphatic carbocycles. The molecule has 0 spiro atoms. The Morgan fingerprint density at radius 3 is 2.76 bits per heavy atom. The molecule has 0 aromatic rings. The second-order valence-electron chi connectivity index (χ2n) is 4.88. The summed E-state index contributed by atoms with van der Waals surface area (Å²) in [6.45, 7) is 6.59. The number of unbranched alkanes of at least 4 members (excludes halogenated alkanes) is 1. The fraction of sp³-hybridized carbons (Fsp3) is 0.917. The highest BCUT2D eigenvalue weighted by Gasteiger charge is 2.54. The number of Topliss-reactive ketones (excluding diaryl/α,β-unsaturated/α-hetero) is 1. The topological polar surface area (TPSA) is 54.0 Å². The highest BCUT2D eigenvalue weighted by atomic mass is 16.8. The number of carbonyl (C=O) groups excluding carboxylic acids is 1. The maximum absolute atomic E-state index is 11.9. The third-order valence-corrected chi connectivity index (χ3v) is 2.87. The Morgan fingerprint density at radius 2 is 2.12 bits per heavy atom. The summed E-state index contributed by atoms with van der Waals surface area (Å²) in [5.74, 6) is -0.809. The zero-order valence-electron chi connectivity index (χ0n) is 10.6. The Balaban J connectivity index is 1.80. The van der Waals surface area contributed by atoms with Crippen LogP contribution in [0.3, 0.4) is 0 Å². The molecule has 0 saturated carbocycles. The first-order chi connectivity index (χ1) is 8.03. The van der Waals surface area contributed by atoms with Crippen molar-refractivity contribution in [2.24, 2.45) is 0 Å². The summed E-state index contributed by atoms with van der Waals surface area (Å²) in [5.41, 5.74) is 0. The van der Waals surface area contributed by atoms with Crippen LogP contribution in [0.5, 0.6) is 0 Å². The van der Waals surface area contributed by atoms with Gasteiger partial charge in [0.15, 0.2) is 24.0 Å². The number of carbonyl (C=O) groups is 1. The molecular weight excluding hydrogens is 224 g/mol. The second-order valence-corrected chi connectivity index (χ2v) is 4.88. The molecule has 0 radical (unpaired) electrons. The number of hydrogen-bond acceptors (Lipinski definition) is 5. The summed E-state index contributed by atoms with van der Waals surface area (Å²) in [6, 6.07) is 0. The molecule has 2 heterocycles. The molecule has 5 nitrogen and oxygen atoms in total. The SMILES string of the molecule is CCCCOC[C@H]1O[C@@H]2OC(C)(C)OC2C1=O. The van der Waals surface area contributed by atoms with Crippen LogP contribution >= 0.6 is 0 Å². The van der Waals surface area contributed by atoms with E-state index in [1.807, 2.05) is 0 Å². The van der Waals surface area contributed by atoms with Gasteiger partial charge in [0.1, 0.15) is 6.10 Å². The molecule has 2 fully saturated rings. The molecule has 0 N–H and O–H groups in total. The van der Waals surface area contributed by atoms with Crippen molar-refractivity contribution in [2.75, 3.05) is 13.2 Å². The van der Waals surface area contributed by atoms with Gasteiger partial charge in [0.2, 0.25) is 0 Å². The van der Waals surface area contributed by atoms with Gasteiger partial charge in [0.05, 0.1) is 6.61 Å². The Kier molecular flexibility index (Phi) is 3.82. The molecule has 2 aliphatic heterocycles. The van der Waals surface area contributed by atoms with Crippen molar-refractivity contribution in [3.05, 3.63) is 0 Å². The standard InChI is InChI=1S/C12H20O5/c1-4-5-6-14-7-8-9(13)10-11(15-8)17-12(2,3)16-10/h8,10-11H,4-7H2,1-3H3/t8-,10?,11-/m1/s1. The predicted molar refractivity (Wildman–Crippen MR) is 59.4 cm³/mol. The van der Waals surface area contributed by atoms with Crippen LogP contribution in [-0.2, 0) is 23.7 Å². The van der Waals surface area contributed by atoms with Crippen molar-refractivity contribution < 1.29 is 23.7 Å². The van der Waals surface area contributed by atoms with Gasteiger partial charge in [0.25, 0.3) is 0 Å². The van der Waals surface area contributed by atoms with Gasteiger partial charge in [-0.25, -0.2) is 0 Å². The Bertz CT molecular complexity index is 289. The summed E-state index contributed by atoms with van der Waals surface area (Å²) in [4.78, 5) is 11.9. The molecule has 2 rings (SSSR count). The lowest BCUT2D eigenvalue weighted by Gasteiger charge is -2.19. The first-order valence-corrected chi connectivity index (χ1v) is 6.16. The number of rotatable bonds is 5. The normalized spacial score (nSPS) is 35.2. The Morgan fingerprint density at radius 1 is 1.35 bits per heavy atom. The molecule has 0 amide bonds. The first kappa shape index (κ1) is 13.0. The average Bonchev–Trinajstić information content (AvgIpc) is 2.69. The van der Waals surface area contributed by atoms with Gasteiger partial charge in [0, 0.05) is 6.61 Å². The summed E-state index contributed by atoms with van der Waals surface area (Å²) in [6.07, 6.45) is 0.360. The minimum Gasteiger partial charge on any atom is -0.378 e. The number of fused-ring (bicyclic) bond motifs is 1. The van der Waals surface area contributed by atoms with Gasteiger partial charge >= 0.3 is 0 Å². The van der Waals surface area contributed by atoms with Gasteiger partial charge in [-0.1, -0.05) is 13.3 Å². The quantitative estimate of drug-likeness (QED) is 0.681. The molecule has 1 unspecified atom stereocenters. The highest BCUT2D eigenvalue weighted by molar-refractivity contribution is 5.90. The molecule has 5 heteroatoms. The fourth-order valence-corrected chi connectivity index (χ4v) is 1.99. The lowest BCUT2D eigenvalue weighted by molar-refractivity contribution is -0.208. The highest BCUT2D eigenvalue weighted by Crippen LogP contribution is 2.35. The predicted octanol–water partition coefficient (Wildman–Crippen LogP) is 1.25. The lowest BCUT2D eigenvalue weighted by atomic mass is 10.2. The zero-order chi connectivity index (χ0) is 12.5. The van der Waals surface area contributed by atoms with Crippen LogP contribution in [0, 0.1) is 0 Å². The van der Waals surface area contributed by atoms with E-state index in [2.05, 4.69) is 6.92 Å². The van der Waals surface area contributed by atoms with Crippen LogP contribution in [0.1, 0.15) is 33.6 Å². The maximum Gasteiger partial charge on any atom is 0.198 e. The van der Waals surface area contributed by atoms with Crippen LogP contribution in [0.2, 0.25) is 0 Å². The summed E-state index contributed by atoms with van der Waals surface area (Å²) >= 11 is 0. The molecule has 17 heavy (non-hydrogen) atoms. The third-order valence-electron chi connectivity index (χ3n) is 2.87. The fourth-order valence-electron chi connectivity index (χ4n) is 1.99. The van der Waals surface area contributed by atoms with Crippen LogP contribution in [0.4, 0.5) is 0 Å². The lowest BCUT2D eigenvalue weighted by Crippen LogP contribution is -2.32. The van der Waals surface area contributed by atoms with Crippen LogP contribution in [0.25, 0.3) is 0 Å². The Labute approximate surface area is 101 Å². The van der Waals surface area contributed by atoms with E-state index in [4.69, 9.17) is 18.9 Å². The van der Waals surface area contributed by atoms with E-state index >= 15 is 0 Å². The third kappa shape index (κ3) is 2.85. The smallest absolute Gasteiger partial charge is 0.198 e. The van der Waals surface area contributed by atoms with Gasteiger partial charge in [-0.05, 0) is 20.3 Å². The molecule has 2 aliphatic rings. The van der Waals surface area contributed by atoms with E-state index in [1.54, 1.807) is 13.8 Å². The van der Waals surface area contributed by atoms with E-state index in [1.165, 1.54) is 0 Å². The van der Waals surface area contributed by atoms with E-state index in [9.17, 15) is 4.79 Å². The number of ether oxygens (including phenoxy) is 4. The number of ketones is 1. The van der Waals surface area contributed by atoms with Crippen molar-refractivity contribution in [2.45, 2.75) is 57.9 Å². The van der Waals surface area contributed by atoms with Gasteiger partial charge in [-0.15, -0.1) is 0 Å². The summed E-state index contributed by atoms with van der Waals surface area (Å²) in [7, 11) is 0.